The molecule has 1 atom stereocenters. The van der Waals surface area contributed by atoms with Gasteiger partial charge in [0.25, 0.3) is 11.8 Å². The molecule has 1 heterocycles. The van der Waals surface area contributed by atoms with Gasteiger partial charge in [0.1, 0.15) is 6.54 Å². The molecule has 1 N–H and O–H groups in total. The first-order chi connectivity index (χ1) is 13.6. The summed E-state index contributed by atoms with van der Waals surface area (Å²) in [5.74, 6) is -0.624. The summed E-state index contributed by atoms with van der Waals surface area (Å²) in [4.78, 5) is 38.8. The zero-order valence-corrected chi connectivity index (χ0v) is 15.8. The van der Waals surface area contributed by atoms with Gasteiger partial charge in [-0.15, -0.1) is 0 Å². The number of hydrogen-bond acceptors (Lipinski definition) is 3. The van der Waals surface area contributed by atoms with E-state index in [9.17, 15) is 14.4 Å². The Bertz CT molecular complexity index is 853. The normalized spacial score (nSPS) is 17.6. The second kappa shape index (κ2) is 7.97. The number of carbonyl (C=O) groups is 3. The van der Waals surface area contributed by atoms with Gasteiger partial charge in [0.15, 0.2) is 0 Å². The Hall–Kier alpha value is -2.95. The summed E-state index contributed by atoms with van der Waals surface area (Å²) in [5, 5.41) is 3.12. The standard InChI is InChI=1S/C23H24N2O3/c26-21(15-25-22(27)18-12-6-7-13-19(18)23(25)28)24-20(17-10-4-5-11-17)14-16-8-2-1-3-9-16/h1-3,6-9,12-13,17,20H,4-5,10-11,14-15H2,(H,24,26). The number of rotatable bonds is 6. The first-order valence-electron chi connectivity index (χ1n) is 9.92. The van der Waals surface area contributed by atoms with Crippen LogP contribution in [-0.2, 0) is 11.2 Å². The van der Waals surface area contributed by atoms with Gasteiger partial charge in [0.05, 0.1) is 11.1 Å². The Morgan fingerprint density at radius 2 is 1.50 bits per heavy atom. The Kier molecular flexibility index (Phi) is 5.24. The van der Waals surface area contributed by atoms with E-state index in [-0.39, 0.29) is 18.5 Å². The predicted octanol–water partition coefficient (Wildman–Crippen LogP) is 3.20. The van der Waals surface area contributed by atoms with Crippen LogP contribution in [0.2, 0.25) is 0 Å². The second-order valence-electron chi connectivity index (χ2n) is 7.65. The number of fused-ring (bicyclic) bond motifs is 1. The molecule has 144 valence electrons. The molecule has 5 nitrogen and oxygen atoms in total. The van der Waals surface area contributed by atoms with Crippen molar-refractivity contribution < 1.29 is 14.4 Å². The van der Waals surface area contributed by atoms with E-state index in [0.29, 0.717) is 17.0 Å². The molecule has 0 aromatic heterocycles. The monoisotopic (exact) mass is 376 g/mol. The minimum absolute atomic E-state index is 0.0209. The van der Waals surface area contributed by atoms with Gasteiger partial charge < -0.3 is 5.32 Å². The summed E-state index contributed by atoms with van der Waals surface area (Å²) in [6.07, 6.45) is 5.34. The molecule has 1 fully saturated rings. The molecule has 1 aliphatic carbocycles. The van der Waals surface area contributed by atoms with Crippen LogP contribution < -0.4 is 5.32 Å². The Balaban J connectivity index is 1.44. The number of nitrogens with zero attached hydrogens (tertiary/aromatic N) is 1. The molecule has 0 bridgehead atoms. The highest BCUT2D eigenvalue weighted by Crippen LogP contribution is 2.29. The number of imide groups is 1. The second-order valence-corrected chi connectivity index (χ2v) is 7.65. The lowest BCUT2D eigenvalue weighted by Crippen LogP contribution is -2.47. The van der Waals surface area contributed by atoms with E-state index in [4.69, 9.17) is 0 Å². The molecule has 0 saturated heterocycles. The van der Waals surface area contributed by atoms with Crippen LogP contribution in [0.1, 0.15) is 52.0 Å². The Morgan fingerprint density at radius 3 is 2.11 bits per heavy atom. The summed E-state index contributed by atoms with van der Waals surface area (Å²) in [6, 6.07) is 16.9. The van der Waals surface area contributed by atoms with Gasteiger partial charge in [0, 0.05) is 6.04 Å². The van der Waals surface area contributed by atoms with E-state index in [1.807, 2.05) is 18.2 Å². The number of benzene rings is 2. The van der Waals surface area contributed by atoms with E-state index in [1.54, 1.807) is 24.3 Å². The van der Waals surface area contributed by atoms with Crippen molar-refractivity contribution in [3.63, 3.8) is 0 Å². The first kappa shape index (κ1) is 18.4. The molecule has 0 radical (unpaired) electrons. The van der Waals surface area contributed by atoms with Crippen LogP contribution in [0.25, 0.3) is 0 Å². The van der Waals surface area contributed by atoms with E-state index < -0.39 is 11.8 Å². The van der Waals surface area contributed by atoms with E-state index in [2.05, 4.69) is 17.4 Å². The van der Waals surface area contributed by atoms with Crippen molar-refractivity contribution in [2.24, 2.45) is 5.92 Å². The van der Waals surface area contributed by atoms with Crippen LogP contribution in [0.15, 0.2) is 54.6 Å². The van der Waals surface area contributed by atoms with Crippen molar-refractivity contribution >= 4 is 17.7 Å². The highest BCUT2D eigenvalue weighted by Gasteiger charge is 2.37. The fourth-order valence-electron chi connectivity index (χ4n) is 4.34. The van der Waals surface area contributed by atoms with Gasteiger partial charge in [-0.05, 0) is 42.9 Å². The number of amides is 3. The topological polar surface area (TPSA) is 66.5 Å². The van der Waals surface area contributed by atoms with Crippen molar-refractivity contribution in [2.75, 3.05) is 6.54 Å². The minimum atomic E-state index is -0.392. The number of hydrogen-bond donors (Lipinski definition) is 1. The third-order valence-corrected chi connectivity index (χ3v) is 5.79. The molecule has 1 saturated carbocycles. The average molecular weight is 376 g/mol. The van der Waals surface area contributed by atoms with Gasteiger partial charge in [-0.3, -0.25) is 19.3 Å². The van der Waals surface area contributed by atoms with Crippen LogP contribution in [0, 0.1) is 5.92 Å². The molecule has 0 spiro atoms. The van der Waals surface area contributed by atoms with Crippen molar-refractivity contribution in [1.82, 2.24) is 10.2 Å². The van der Waals surface area contributed by atoms with Gasteiger partial charge in [-0.25, -0.2) is 0 Å². The summed E-state index contributed by atoms with van der Waals surface area (Å²) < 4.78 is 0. The van der Waals surface area contributed by atoms with Gasteiger partial charge in [-0.2, -0.15) is 0 Å². The lowest BCUT2D eigenvalue weighted by Gasteiger charge is -2.26. The zero-order valence-electron chi connectivity index (χ0n) is 15.8. The maximum atomic E-state index is 12.7. The minimum Gasteiger partial charge on any atom is -0.351 e. The van der Waals surface area contributed by atoms with E-state index in [0.717, 1.165) is 24.2 Å². The highest BCUT2D eigenvalue weighted by atomic mass is 16.2. The lowest BCUT2D eigenvalue weighted by molar-refractivity contribution is -0.122. The summed E-state index contributed by atoms with van der Waals surface area (Å²) in [6.45, 7) is -0.232. The summed E-state index contributed by atoms with van der Waals surface area (Å²) in [7, 11) is 0. The van der Waals surface area contributed by atoms with Gasteiger partial charge in [-0.1, -0.05) is 55.3 Å². The van der Waals surface area contributed by atoms with Gasteiger partial charge in [0.2, 0.25) is 5.91 Å². The first-order valence-corrected chi connectivity index (χ1v) is 9.92. The largest absolute Gasteiger partial charge is 0.351 e. The van der Waals surface area contributed by atoms with Crippen LogP contribution in [-0.4, -0.2) is 35.2 Å². The molecule has 2 aromatic rings. The SMILES string of the molecule is O=C(CN1C(=O)c2ccccc2C1=O)NC(Cc1ccccc1)C1CCCC1. The van der Waals surface area contributed by atoms with Crippen LogP contribution in [0.3, 0.4) is 0 Å². The van der Waals surface area contributed by atoms with Crippen LogP contribution in [0.4, 0.5) is 0 Å². The quantitative estimate of drug-likeness (QED) is 0.788. The maximum Gasteiger partial charge on any atom is 0.262 e. The molecule has 2 aromatic carbocycles. The highest BCUT2D eigenvalue weighted by molar-refractivity contribution is 6.22. The third-order valence-electron chi connectivity index (χ3n) is 5.79. The average Bonchev–Trinajstić information content (AvgIpc) is 3.33. The van der Waals surface area contributed by atoms with E-state index in [1.165, 1.54) is 18.4 Å². The molecule has 3 amide bonds. The fourth-order valence-corrected chi connectivity index (χ4v) is 4.34. The molecule has 28 heavy (non-hydrogen) atoms. The lowest BCUT2D eigenvalue weighted by atomic mass is 9.92. The molecule has 2 aliphatic rings. The van der Waals surface area contributed by atoms with Crippen molar-refractivity contribution in [1.29, 1.82) is 0 Å². The van der Waals surface area contributed by atoms with Crippen molar-refractivity contribution in [3.8, 4) is 0 Å². The predicted molar refractivity (Wildman–Crippen MR) is 106 cm³/mol. The van der Waals surface area contributed by atoms with Gasteiger partial charge >= 0.3 is 0 Å². The van der Waals surface area contributed by atoms with Crippen molar-refractivity contribution in [2.45, 2.75) is 38.1 Å². The summed E-state index contributed by atoms with van der Waals surface area (Å²) in [5.41, 5.74) is 1.93. The van der Waals surface area contributed by atoms with Crippen molar-refractivity contribution in [3.05, 3.63) is 71.3 Å². The smallest absolute Gasteiger partial charge is 0.262 e. The fraction of sp³-hybridized carbons (Fsp3) is 0.348. The third kappa shape index (κ3) is 3.70. The maximum absolute atomic E-state index is 12.7. The molecular formula is C23H24N2O3. The zero-order chi connectivity index (χ0) is 19.5. The molecule has 1 unspecified atom stereocenters. The summed E-state index contributed by atoms with van der Waals surface area (Å²) >= 11 is 0. The Morgan fingerprint density at radius 1 is 0.929 bits per heavy atom. The number of carbonyl (C=O) groups excluding carboxylic acids is 3. The van der Waals surface area contributed by atoms with E-state index >= 15 is 0 Å². The van der Waals surface area contributed by atoms with Crippen LogP contribution in [0.5, 0.6) is 0 Å². The number of nitrogens with one attached hydrogen (secondary N) is 1. The molecule has 5 heteroatoms. The molecular weight excluding hydrogens is 352 g/mol. The Labute approximate surface area is 164 Å². The van der Waals surface area contributed by atoms with Crippen LogP contribution >= 0.6 is 0 Å². The molecule has 4 rings (SSSR count). The molecule has 1 aliphatic heterocycles.